The molecule has 0 spiro atoms. The van der Waals surface area contributed by atoms with Gasteiger partial charge in [-0.05, 0) is 54.0 Å². The third-order valence-electron chi connectivity index (χ3n) is 4.24. The summed E-state index contributed by atoms with van der Waals surface area (Å²) >= 11 is 0. The maximum absolute atomic E-state index is 5.26. The molecule has 4 rings (SSSR count). The number of hydrogen-bond donors (Lipinski definition) is 1. The van der Waals surface area contributed by atoms with Crippen molar-refractivity contribution in [3.8, 4) is 11.4 Å². The van der Waals surface area contributed by atoms with Gasteiger partial charge in [0.15, 0.2) is 11.6 Å². The topological polar surface area (TPSA) is 94.5 Å². The number of unbranched alkanes of at least 4 members (excludes halogenated alkanes) is 1. The summed E-state index contributed by atoms with van der Waals surface area (Å²) in [5, 5.41) is 19.3. The third-order valence-corrected chi connectivity index (χ3v) is 4.24. The molecule has 130 valence electrons. The molecular weight excluding hydrogens is 318 g/mol. The van der Waals surface area contributed by atoms with Crippen molar-refractivity contribution in [3.63, 3.8) is 0 Å². The summed E-state index contributed by atoms with van der Waals surface area (Å²) in [5.74, 6) is 2.21. The standard InChI is InChI=1S/C17H21N7O/c1-2-3-4-15-19-16(25-21-15)11-18-13-7-5-12(6-8-13)17-20-22-23-24(17)14-9-10-14/h5-8,14,18H,2-4,9-11H2,1H3. The summed E-state index contributed by atoms with van der Waals surface area (Å²) in [6, 6.07) is 8.52. The largest absolute Gasteiger partial charge is 0.376 e. The number of nitrogens with zero attached hydrogens (tertiary/aromatic N) is 6. The van der Waals surface area contributed by atoms with E-state index in [9.17, 15) is 0 Å². The minimum atomic E-state index is 0.460. The molecule has 0 aliphatic heterocycles. The van der Waals surface area contributed by atoms with E-state index in [-0.39, 0.29) is 0 Å². The molecule has 2 heterocycles. The molecule has 0 amide bonds. The first kappa shape index (κ1) is 15.7. The SMILES string of the molecule is CCCCc1noc(CNc2ccc(-c3nnnn3C3CC3)cc2)n1. The summed E-state index contributed by atoms with van der Waals surface area (Å²) < 4.78 is 7.18. The molecule has 8 heteroatoms. The Morgan fingerprint density at radius 1 is 1.24 bits per heavy atom. The van der Waals surface area contributed by atoms with Gasteiger partial charge < -0.3 is 9.84 Å². The molecule has 1 N–H and O–H groups in total. The molecule has 8 nitrogen and oxygen atoms in total. The predicted molar refractivity (Wildman–Crippen MR) is 91.8 cm³/mol. The summed E-state index contributed by atoms with van der Waals surface area (Å²) in [6.07, 6.45) is 5.38. The Morgan fingerprint density at radius 2 is 2.08 bits per heavy atom. The molecule has 0 radical (unpaired) electrons. The van der Waals surface area contributed by atoms with Crippen LogP contribution in [0, 0.1) is 0 Å². The fourth-order valence-corrected chi connectivity index (χ4v) is 2.66. The second-order valence-electron chi connectivity index (χ2n) is 6.32. The monoisotopic (exact) mass is 339 g/mol. The Bertz CT molecular complexity index is 820. The van der Waals surface area contributed by atoms with Crippen molar-refractivity contribution in [2.75, 3.05) is 5.32 Å². The summed E-state index contributed by atoms with van der Waals surface area (Å²) in [6.45, 7) is 2.66. The van der Waals surface area contributed by atoms with E-state index in [1.807, 2.05) is 28.9 Å². The van der Waals surface area contributed by atoms with Gasteiger partial charge in [0.1, 0.15) is 0 Å². The second-order valence-corrected chi connectivity index (χ2v) is 6.32. The highest BCUT2D eigenvalue weighted by atomic mass is 16.5. The van der Waals surface area contributed by atoms with Crippen molar-refractivity contribution in [1.29, 1.82) is 0 Å². The molecule has 1 saturated carbocycles. The Kier molecular flexibility index (Phi) is 4.41. The van der Waals surface area contributed by atoms with Crippen LogP contribution in [0.2, 0.25) is 0 Å². The number of rotatable bonds is 8. The zero-order chi connectivity index (χ0) is 17.1. The quantitative estimate of drug-likeness (QED) is 0.674. The minimum absolute atomic E-state index is 0.460. The number of hydrogen-bond acceptors (Lipinski definition) is 7. The van der Waals surface area contributed by atoms with Crippen molar-refractivity contribution in [2.24, 2.45) is 0 Å². The summed E-state index contributed by atoms with van der Waals surface area (Å²) in [5.41, 5.74) is 2.00. The van der Waals surface area contributed by atoms with Crippen molar-refractivity contribution in [1.82, 2.24) is 30.3 Å². The predicted octanol–water partition coefficient (Wildman–Crippen LogP) is 3.01. The highest BCUT2D eigenvalue weighted by Crippen LogP contribution is 2.36. The lowest BCUT2D eigenvalue weighted by Crippen LogP contribution is -2.01. The average Bonchev–Trinajstić information content (AvgIpc) is 3.19. The van der Waals surface area contributed by atoms with Gasteiger partial charge in [0.05, 0.1) is 12.6 Å². The van der Waals surface area contributed by atoms with E-state index in [1.165, 1.54) is 0 Å². The molecule has 0 unspecified atom stereocenters. The zero-order valence-electron chi connectivity index (χ0n) is 14.2. The molecule has 2 aromatic heterocycles. The van der Waals surface area contributed by atoms with Crippen molar-refractivity contribution < 1.29 is 4.52 Å². The number of nitrogens with one attached hydrogen (secondary N) is 1. The van der Waals surface area contributed by atoms with Gasteiger partial charge in [0, 0.05) is 17.7 Å². The van der Waals surface area contributed by atoms with Gasteiger partial charge in [-0.2, -0.15) is 4.98 Å². The molecule has 0 atom stereocenters. The third kappa shape index (κ3) is 3.67. The average molecular weight is 339 g/mol. The maximum atomic E-state index is 5.26. The van der Waals surface area contributed by atoms with Gasteiger partial charge in [-0.3, -0.25) is 0 Å². The van der Waals surface area contributed by atoms with E-state index in [4.69, 9.17) is 4.52 Å². The van der Waals surface area contributed by atoms with Crippen LogP contribution in [-0.4, -0.2) is 30.3 Å². The molecule has 1 aromatic carbocycles. The molecule has 1 aliphatic rings. The van der Waals surface area contributed by atoms with Crippen LogP contribution in [-0.2, 0) is 13.0 Å². The van der Waals surface area contributed by atoms with E-state index >= 15 is 0 Å². The number of aromatic nitrogens is 6. The van der Waals surface area contributed by atoms with Gasteiger partial charge >= 0.3 is 0 Å². The second kappa shape index (κ2) is 7.00. The molecule has 1 aliphatic carbocycles. The lowest BCUT2D eigenvalue weighted by atomic mass is 10.2. The first-order valence-corrected chi connectivity index (χ1v) is 8.77. The van der Waals surface area contributed by atoms with Crippen LogP contribution in [0.15, 0.2) is 28.8 Å². The fraction of sp³-hybridized carbons (Fsp3) is 0.471. The molecule has 0 saturated heterocycles. The van der Waals surface area contributed by atoms with E-state index in [0.29, 0.717) is 18.5 Å². The van der Waals surface area contributed by atoms with Gasteiger partial charge in [-0.1, -0.05) is 18.5 Å². The van der Waals surface area contributed by atoms with Crippen LogP contribution in [0.25, 0.3) is 11.4 Å². The number of tetrazole rings is 1. The van der Waals surface area contributed by atoms with E-state index in [2.05, 4.69) is 37.9 Å². The summed E-state index contributed by atoms with van der Waals surface area (Å²) in [4.78, 5) is 4.39. The molecule has 25 heavy (non-hydrogen) atoms. The Morgan fingerprint density at radius 3 is 2.84 bits per heavy atom. The van der Waals surface area contributed by atoms with Crippen LogP contribution >= 0.6 is 0 Å². The van der Waals surface area contributed by atoms with E-state index in [0.717, 1.165) is 55.0 Å². The van der Waals surface area contributed by atoms with Crippen molar-refractivity contribution >= 4 is 5.69 Å². The van der Waals surface area contributed by atoms with Gasteiger partial charge in [0.25, 0.3) is 0 Å². The minimum Gasteiger partial charge on any atom is -0.376 e. The van der Waals surface area contributed by atoms with E-state index < -0.39 is 0 Å². The number of benzene rings is 1. The lowest BCUT2D eigenvalue weighted by Gasteiger charge is -2.06. The lowest BCUT2D eigenvalue weighted by molar-refractivity contribution is 0.377. The fourth-order valence-electron chi connectivity index (χ4n) is 2.66. The highest BCUT2D eigenvalue weighted by Gasteiger charge is 2.28. The van der Waals surface area contributed by atoms with E-state index in [1.54, 1.807) is 0 Å². The van der Waals surface area contributed by atoms with Crippen molar-refractivity contribution in [3.05, 3.63) is 36.0 Å². The van der Waals surface area contributed by atoms with Crippen LogP contribution in [0.4, 0.5) is 5.69 Å². The first-order chi connectivity index (χ1) is 12.3. The highest BCUT2D eigenvalue weighted by molar-refractivity contribution is 5.59. The van der Waals surface area contributed by atoms with Crippen LogP contribution < -0.4 is 5.32 Å². The summed E-state index contributed by atoms with van der Waals surface area (Å²) in [7, 11) is 0. The smallest absolute Gasteiger partial charge is 0.245 e. The molecule has 1 fully saturated rings. The van der Waals surface area contributed by atoms with Crippen molar-refractivity contribution in [2.45, 2.75) is 51.6 Å². The van der Waals surface area contributed by atoms with Crippen LogP contribution in [0.5, 0.6) is 0 Å². The Labute approximate surface area is 145 Å². The van der Waals surface area contributed by atoms with Gasteiger partial charge in [-0.25, -0.2) is 4.68 Å². The molecule has 3 aromatic rings. The Balaban J connectivity index is 1.37. The molecule has 0 bridgehead atoms. The van der Waals surface area contributed by atoms with Crippen LogP contribution in [0.3, 0.4) is 0 Å². The maximum Gasteiger partial charge on any atom is 0.245 e. The first-order valence-electron chi connectivity index (χ1n) is 8.77. The normalized spacial score (nSPS) is 14.0. The number of aryl methyl sites for hydroxylation is 1. The number of anilines is 1. The molecular formula is C17H21N7O. The zero-order valence-corrected chi connectivity index (χ0v) is 14.2. The Hall–Kier alpha value is -2.77. The van der Waals surface area contributed by atoms with Crippen LogP contribution in [0.1, 0.15) is 50.4 Å². The van der Waals surface area contributed by atoms with Gasteiger partial charge in [0.2, 0.25) is 5.89 Å². The van der Waals surface area contributed by atoms with Gasteiger partial charge in [-0.15, -0.1) is 5.10 Å².